The van der Waals surface area contributed by atoms with Gasteiger partial charge in [-0.3, -0.25) is 4.90 Å². The minimum Gasteiger partial charge on any atom is -0.491 e. The molecule has 2 fully saturated rings. The second kappa shape index (κ2) is 11.6. The number of alkyl halides is 1. The zero-order valence-electron chi connectivity index (χ0n) is 21.2. The molecule has 2 aliphatic heterocycles. The van der Waals surface area contributed by atoms with Crippen molar-refractivity contribution in [2.75, 3.05) is 49.6 Å². The Balaban J connectivity index is 0.991. The van der Waals surface area contributed by atoms with E-state index < -0.39 is 5.79 Å². The summed E-state index contributed by atoms with van der Waals surface area (Å²) in [6, 6.07) is 21.4. The largest absolute Gasteiger partial charge is 0.491 e. The van der Waals surface area contributed by atoms with Gasteiger partial charge in [0.25, 0.3) is 0 Å². The highest BCUT2D eigenvalue weighted by molar-refractivity contribution is 9.09. The molecule has 0 saturated carbocycles. The van der Waals surface area contributed by atoms with Crippen LogP contribution in [-0.4, -0.2) is 60.7 Å². The Kier molecular flexibility index (Phi) is 8.03. The van der Waals surface area contributed by atoms with Crippen molar-refractivity contribution in [2.45, 2.75) is 18.4 Å². The Labute approximate surface area is 245 Å². The summed E-state index contributed by atoms with van der Waals surface area (Å²) in [5.74, 6) is 0.590. The average Bonchev–Trinajstić information content (AvgIpc) is 3.57. The van der Waals surface area contributed by atoms with Crippen molar-refractivity contribution in [3.63, 3.8) is 0 Å². The van der Waals surface area contributed by atoms with Gasteiger partial charge in [0.15, 0.2) is 5.58 Å². The molecule has 204 valence electrons. The van der Waals surface area contributed by atoms with Gasteiger partial charge in [0.2, 0.25) is 11.7 Å². The van der Waals surface area contributed by atoms with Gasteiger partial charge in [-0.05, 0) is 48.5 Å². The molecule has 3 heterocycles. The summed E-state index contributed by atoms with van der Waals surface area (Å²) in [5, 5.41) is 1.51. The third kappa shape index (κ3) is 5.92. The van der Waals surface area contributed by atoms with Gasteiger partial charge in [0.05, 0.1) is 23.5 Å². The van der Waals surface area contributed by atoms with E-state index in [0.29, 0.717) is 28.6 Å². The fourth-order valence-corrected chi connectivity index (χ4v) is 6.16. The summed E-state index contributed by atoms with van der Waals surface area (Å²) in [6.45, 7) is 5.27. The Morgan fingerprint density at radius 1 is 1.00 bits per heavy atom. The Hall–Kier alpha value is -2.33. The van der Waals surface area contributed by atoms with Crippen molar-refractivity contribution in [3.8, 4) is 5.75 Å². The van der Waals surface area contributed by atoms with Crippen molar-refractivity contribution in [3.05, 3.63) is 88.2 Å². The van der Waals surface area contributed by atoms with Crippen molar-refractivity contribution < 1.29 is 18.6 Å². The maximum atomic E-state index is 6.43. The Morgan fingerprint density at radius 2 is 1.79 bits per heavy atom. The summed E-state index contributed by atoms with van der Waals surface area (Å²) < 4.78 is 24.3. The van der Waals surface area contributed by atoms with E-state index in [0.717, 1.165) is 61.0 Å². The van der Waals surface area contributed by atoms with E-state index in [1.54, 1.807) is 12.1 Å². The molecule has 0 radical (unpaired) electrons. The SMILES string of the molecule is Clc1ccc([C@@]2(CBr)OC[C@@H](COc3ccc(N4CCN(Cc5nc6ccccc6o5)CC4)cc3)O2)c(Cl)c1. The first-order chi connectivity index (χ1) is 19.0. The van der Waals surface area contributed by atoms with Gasteiger partial charge >= 0.3 is 0 Å². The van der Waals surface area contributed by atoms with Crippen LogP contribution in [0.3, 0.4) is 0 Å². The fraction of sp³-hybridized carbons (Fsp3) is 0.345. The van der Waals surface area contributed by atoms with Crippen LogP contribution in [0.15, 0.2) is 71.1 Å². The molecule has 3 aromatic carbocycles. The zero-order valence-corrected chi connectivity index (χ0v) is 24.3. The van der Waals surface area contributed by atoms with Crippen molar-refractivity contribution in [1.29, 1.82) is 0 Å². The molecule has 7 nitrogen and oxygen atoms in total. The van der Waals surface area contributed by atoms with Crippen LogP contribution < -0.4 is 9.64 Å². The van der Waals surface area contributed by atoms with Crippen molar-refractivity contribution in [2.24, 2.45) is 0 Å². The number of piperazine rings is 1. The summed E-state index contributed by atoms with van der Waals surface area (Å²) >= 11 is 16.0. The lowest BCUT2D eigenvalue weighted by atomic mass is 10.1. The predicted octanol–water partition coefficient (Wildman–Crippen LogP) is 6.50. The second-order valence-electron chi connectivity index (χ2n) is 9.71. The van der Waals surface area contributed by atoms with Gasteiger partial charge in [0, 0.05) is 42.5 Å². The van der Waals surface area contributed by atoms with Crippen LogP contribution in [0.25, 0.3) is 11.1 Å². The number of anilines is 1. The van der Waals surface area contributed by atoms with E-state index in [1.165, 1.54) is 5.69 Å². The van der Waals surface area contributed by atoms with Gasteiger partial charge in [0.1, 0.15) is 24.0 Å². The molecule has 4 aromatic rings. The van der Waals surface area contributed by atoms with Gasteiger partial charge < -0.3 is 23.5 Å². The van der Waals surface area contributed by atoms with Crippen molar-refractivity contribution in [1.82, 2.24) is 9.88 Å². The topological polar surface area (TPSA) is 60.2 Å². The summed E-state index contributed by atoms with van der Waals surface area (Å²) in [6.07, 6.45) is -0.233. The molecule has 6 rings (SSSR count). The molecule has 2 saturated heterocycles. The Bertz CT molecular complexity index is 1390. The van der Waals surface area contributed by atoms with Crippen LogP contribution in [-0.2, 0) is 21.8 Å². The highest BCUT2D eigenvalue weighted by Crippen LogP contribution is 2.40. The lowest BCUT2D eigenvalue weighted by Gasteiger charge is -2.35. The summed E-state index contributed by atoms with van der Waals surface area (Å²) in [7, 11) is 0. The molecule has 1 aromatic heterocycles. The normalized spacial score (nSPS) is 22.0. The van der Waals surface area contributed by atoms with Gasteiger partial charge in [-0.1, -0.05) is 57.3 Å². The van der Waals surface area contributed by atoms with E-state index in [4.69, 9.17) is 41.8 Å². The maximum absolute atomic E-state index is 6.43. The highest BCUT2D eigenvalue weighted by atomic mass is 79.9. The number of para-hydroxylation sites is 2. The Morgan fingerprint density at radius 3 is 2.54 bits per heavy atom. The number of nitrogens with zero attached hydrogens (tertiary/aromatic N) is 3. The zero-order chi connectivity index (χ0) is 26.8. The van der Waals surface area contributed by atoms with E-state index >= 15 is 0 Å². The van der Waals surface area contributed by atoms with Gasteiger partial charge in [-0.15, -0.1) is 0 Å². The molecule has 10 heteroatoms. The molecule has 39 heavy (non-hydrogen) atoms. The molecule has 0 amide bonds. The average molecular weight is 633 g/mol. The van der Waals surface area contributed by atoms with Crippen molar-refractivity contribution >= 4 is 55.9 Å². The smallest absolute Gasteiger partial charge is 0.209 e. The number of rotatable bonds is 8. The minimum atomic E-state index is -0.970. The lowest BCUT2D eigenvalue weighted by molar-refractivity contribution is -0.159. The van der Waals surface area contributed by atoms with E-state index in [9.17, 15) is 0 Å². The number of hydrogen-bond donors (Lipinski definition) is 0. The van der Waals surface area contributed by atoms with Gasteiger partial charge in [-0.25, -0.2) is 4.98 Å². The predicted molar refractivity (Wildman–Crippen MR) is 156 cm³/mol. The van der Waals surface area contributed by atoms with E-state index in [-0.39, 0.29) is 6.10 Å². The van der Waals surface area contributed by atoms with Crippen LogP contribution in [0.4, 0.5) is 5.69 Å². The highest BCUT2D eigenvalue weighted by Gasteiger charge is 2.44. The number of fused-ring (bicyclic) bond motifs is 1. The summed E-state index contributed by atoms with van der Waals surface area (Å²) in [4.78, 5) is 9.38. The molecule has 0 spiro atoms. The number of oxazole rings is 1. The fourth-order valence-electron chi connectivity index (χ4n) is 5.01. The van der Waals surface area contributed by atoms with Crippen LogP contribution in [0.5, 0.6) is 5.75 Å². The van der Waals surface area contributed by atoms with Crippen LogP contribution >= 0.6 is 39.1 Å². The summed E-state index contributed by atoms with van der Waals surface area (Å²) in [5.41, 5.74) is 3.67. The standard InChI is InChI=1S/C29H28BrCl2N3O4/c30-19-29(24-10-5-20(31)15-25(24)32)37-18-23(39-29)17-36-22-8-6-21(7-9-22)35-13-11-34(12-14-35)16-28-33-26-3-1-2-4-27(26)38-28/h1-10,15,23H,11-14,16-19H2/t23-,29+/m1/s1. The molecule has 0 aliphatic carbocycles. The first-order valence-electron chi connectivity index (χ1n) is 12.9. The third-order valence-electron chi connectivity index (χ3n) is 7.08. The molecular formula is C29H28BrCl2N3O4. The number of aromatic nitrogens is 1. The van der Waals surface area contributed by atoms with Crippen LogP contribution in [0.1, 0.15) is 11.5 Å². The minimum absolute atomic E-state index is 0.233. The van der Waals surface area contributed by atoms with E-state index in [2.05, 4.69) is 42.8 Å². The first kappa shape index (κ1) is 26.9. The maximum Gasteiger partial charge on any atom is 0.209 e. The molecular weight excluding hydrogens is 605 g/mol. The van der Waals surface area contributed by atoms with Gasteiger partial charge in [-0.2, -0.15) is 0 Å². The number of benzene rings is 3. The third-order valence-corrected chi connectivity index (χ3v) is 8.37. The van der Waals surface area contributed by atoms with Crippen LogP contribution in [0, 0.1) is 0 Å². The lowest BCUT2D eigenvalue weighted by Crippen LogP contribution is -2.46. The molecule has 2 atom stereocenters. The number of halogens is 3. The quantitative estimate of drug-likeness (QED) is 0.206. The molecule has 0 unspecified atom stereocenters. The molecule has 2 aliphatic rings. The molecule has 0 N–H and O–H groups in total. The van der Waals surface area contributed by atoms with Crippen LogP contribution in [0.2, 0.25) is 10.0 Å². The number of ether oxygens (including phenoxy) is 3. The monoisotopic (exact) mass is 631 g/mol. The van der Waals surface area contributed by atoms with E-state index in [1.807, 2.05) is 42.5 Å². The number of hydrogen-bond acceptors (Lipinski definition) is 7. The first-order valence-corrected chi connectivity index (χ1v) is 14.8. The second-order valence-corrected chi connectivity index (χ2v) is 11.1. The molecule has 0 bridgehead atoms.